The van der Waals surface area contributed by atoms with E-state index in [2.05, 4.69) is 24.7 Å². The summed E-state index contributed by atoms with van der Waals surface area (Å²) in [6.45, 7) is 2.11. The average molecular weight is 398 g/mol. The molecular formula is C21H23N3O3S. The lowest BCUT2D eigenvalue weighted by Crippen LogP contribution is -2.27. The number of carbonyl (C=O) groups is 1. The first-order valence-electron chi connectivity index (χ1n) is 9.14. The van der Waals surface area contributed by atoms with E-state index in [4.69, 9.17) is 15.2 Å². The van der Waals surface area contributed by atoms with E-state index in [-0.39, 0.29) is 0 Å². The van der Waals surface area contributed by atoms with Crippen LogP contribution in [0.4, 0.5) is 10.5 Å². The Balaban J connectivity index is 1.83. The van der Waals surface area contributed by atoms with Gasteiger partial charge in [-0.2, -0.15) is 0 Å². The number of nitrogens with zero attached hydrogens (tertiary/aromatic N) is 2. The van der Waals surface area contributed by atoms with Gasteiger partial charge in [-0.1, -0.05) is 50.4 Å². The molecule has 2 N–H and O–H groups in total. The number of amides is 2. The van der Waals surface area contributed by atoms with Gasteiger partial charge < -0.3 is 15.2 Å². The fourth-order valence-corrected chi connectivity index (χ4v) is 2.92. The van der Waals surface area contributed by atoms with Crippen LogP contribution >= 0.6 is 12.8 Å². The van der Waals surface area contributed by atoms with E-state index in [1.165, 1.54) is 0 Å². The maximum Gasteiger partial charge on any atom is 0.329 e. The summed E-state index contributed by atoms with van der Waals surface area (Å²) in [6.07, 6.45) is 3.86. The lowest BCUT2D eigenvalue weighted by Gasteiger charge is -2.21. The van der Waals surface area contributed by atoms with E-state index in [0.717, 1.165) is 27.9 Å². The lowest BCUT2D eigenvalue weighted by molar-refractivity contribution is -0.00415. The van der Waals surface area contributed by atoms with Gasteiger partial charge in [0, 0.05) is 24.1 Å². The predicted molar refractivity (Wildman–Crippen MR) is 114 cm³/mol. The molecule has 0 bridgehead atoms. The number of urea groups is 1. The van der Waals surface area contributed by atoms with Gasteiger partial charge >= 0.3 is 6.03 Å². The van der Waals surface area contributed by atoms with Crippen molar-refractivity contribution in [3.63, 3.8) is 0 Å². The van der Waals surface area contributed by atoms with Crippen LogP contribution in [0.5, 0.6) is 11.6 Å². The molecule has 2 aromatic carbocycles. The molecule has 0 saturated heterocycles. The van der Waals surface area contributed by atoms with Crippen LogP contribution in [0, 0.1) is 0 Å². The quantitative estimate of drug-likeness (QED) is 0.417. The Labute approximate surface area is 169 Å². The van der Waals surface area contributed by atoms with Crippen LogP contribution in [-0.4, -0.2) is 17.3 Å². The lowest BCUT2D eigenvalue weighted by atomic mass is 10.2. The maximum absolute atomic E-state index is 11.3. The first-order valence-corrected chi connectivity index (χ1v) is 9.54. The van der Waals surface area contributed by atoms with Crippen molar-refractivity contribution >= 4 is 35.3 Å². The summed E-state index contributed by atoms with van der Waals surface area (Å²) < 4.78 is 13.2. The number of thiol groups is 1. The highest BCUT2D eigenvalue weighted by molar-refractivity contribution is 7.82. The molecule has 0 radical (unpaired) electrons. The van der Waals surface area contributed by atoms with Gasteiger partial charge in [0.1, 0.15) is 5.75 Å². The number of anilines is 1. The predicted octanol–water partition coefficient (Wildman–Crippen LogP) is 4.94. The van der Waals surface area contributed by atoms with Crippen LogP contribution < -0.4 is 19.5 Å². The largest absolute Gasteiger partial charge is 0.455 e. The molecule has 3 aromatic rings. The van der Waals surface area contributed by atoms with Crippen LogP contribution in [0.3, 0.4) is 0 Å². The van der Waals surface area contributed by atoms with E-state index >= 15 is 0 Å². The first-order chi connectivity index (χ1) is 13.6. The molecule has 1 atom stereocenters. The summed E-state index contributed by atoms with van der Waals surface area (Å²) in [5.41, 5.74) is 5.80. The van der Waals surface area contributed by atoms with Crippen molar-refractivity contribution in [2.75, 3.05) is 4.31 Å². The number of aromatic nitrogens is 1. The van der Waals surface area contributed by atoms with Gasteiger partial charge in [0.25, 0.3) is 0 Å². The Morgan fingerprint density at radius 3 is 2.79 bits per heavy atom. The number of benzene rings is 2. The van der Waals surface area contributed by atoms with Crippen molar-refractivity contribution in [1.29, 1.82) is 0 Å². The summed E-state index contributed by atoms with van der Waals surface area (Å²) in [5.74, 6) is 1.09. The van der Waals surface area contributed by atoms with Gasteiger partial charge in [0.2, 0.25) is 12.2 Å². The van der Waals surface area contributed by atoms with Crippen LogP contribution in [0.15, 0.2) is 60.8 Å². The van der Waals surface area contributed by atoms with Gasteiger partial charge in [0.15, 0.2) is 0 Å². The second-order valence-electron chi connectivity index (χ2n) is 6.29. The van der Waals surface area contributed by atoms with Crippen molar-refractivity contribution in [1.82, 2.24) is 4.98 Å². The fraction of sp³-hybridized carbons (Fsp3) is 0.238. The normalized spacial score (nSPS) is 11.8. The second kappa shape index (κ2) is 9.32. The second-order valence-corrected chi connectivity index (χ2v) is 6.69. The van der Waals surface area contributed by atoms with Crippen LogP contribution in [0.1, 0.15) is 26.2 Å². The molecular weight excluding hydrogens is 374 g/mol. The summed E-state index contributed by atoms with van der Waals surface area (Å²) >= 11 is 4.09. The minimum absolute atomic E-state index is 0.518. The number of unbranched alkanes of at least 4 members (excludes halogenated alkanes) is 1. The molecule has 3 rings (SSSR count). The molecule has 6 nitrogen and oxygen atoms in total. The monoisotopic (exact) mass is 397 g/mol. The number of hydrogen-bond donors (Lipinski definition) is 2. The highest BCUT2D eigenvalue weighted by atomic mass is 32.1. The summed E-state index contributed by atoms with van der Waals surface area (Å²) in [5, 5.41) is 1.98. The molecule has 0 aliphatic rings. The first kappa shape index (κ1) is 19.8. The molecule has 2 amide bonds. The van der Waals surface area contributed by atoms with Gasteiger partial charge in [-0.25, -0.2) is 14.1 Å². The smallest absolute Gasteiger partial charge is 0.329 e. The Morgan fingerprint density at radius 1 is 1.18 bits per heavy atom. The molecule has 0 aliphatic carbocycles. The van der Waals surface area contributed by atoms with Crippen LogP contribution in [0.25, 0.3) is 10.8 Å². The molecule has 1 aromatic heterocycles. The Bertz CT molecular complexity index is 946. The van der Waals surface area contributed by atoms with Crippen LogP contribution in [-0.2, 0) is 0 Å². The third-order valence-corrected chi connectivity index (χ3v) is 4.64. The zero-order valence-electron chi connectivity index (χ0n) is 15.6. The Hall–Kier alpha value is -2.93. The molecule has 146 valence electrons. The van der Waals surface area contributed by atoms with Crippen molar-refractivity contribution < 1.29 is 14.3 Å². The van der Waals surface area contributed by atoms with Gasteiger partial charge in [-0.3, -0.25) is 0 Å². The molecule has 7 heteroatoms. The highest BCUT2D eigenvalue weighted by Crippen LogP contribution is 2.27. The summed E-state index contributed by atoms with van der Waals surface area (Å²) in [7, 11) is 0. The number of pyridine rings is 1. The molecule has 0 fully saturated rings. The number of carbonyl (C=O) groups excluding carboxylic acids is 1. The maximum atomic E-state index is 11.3. The van der Waals surface area contributed by atoms with E-state index in [9.17, 15) is 4.79 Å². The highest BCUT2D eigenvalue weighted by Gasteiger charge is 2.16. The number of nitrogens with two attached hydrogens (primary N) is 1. The van der Waals surface area contributed by atoms with Gasteiger partial charge in [-0.05, 0) is 36.1 Å². The Kier molecular flexibility index (Phi) is 6.60. The standard InChI is InChI=1S/C21H23N3O3S/c1-2-3-11-19(26-17-9-6-8-16(14-17)24(28)21(22)25)27-20-18-10-5-4-7-15(18)12-13-23-20/h4-10,12-14,19,28H,2-3,11H2,1H3,(H2,22,25). The molecule has 1 unspecified atom stereocenters. The van der Waals surface area contributed by atoms with Crippen molar-refractivity contribution in [3.05, 3.63) is 60.8 Å². The summed E-state index contributed by atoms with van der Waals surface area (Å²) in [6, 6.07) is 16.2. The molecule has 1 heterocycles. The Morgan fingerprint density at radius 2 is 2.00 bits per heavy atom. The topological polar surface area (TPSA) is 77.7 Å². The third kappa shape index (κ3) is 4.86. The zero-order chi connectivity index (χ0) is 19.9. The number of primary amides is 1. The van der Waals surface area contributed by atoms with E-state index in [1.807, 2.05) is 30.3 Å². The third-order valence-electron chi connectivity index (χ3n) is 4.21. The number of hydrogen-bond acceptors (Lipinski definition) is 5. The van der Waals surface area contributed by atoms with E-state index < -0.39 is 12.3 Å². The molecule has 0 spiro atoms. The van der Waals surface area contributed by atoms with Crippen LogP contribution in [0.2, 0.25) is 0 Å². The molecule has 0 aliphatic heterocycles. The van der Waals surface area contributed by atoms with Crippen molar-refractivity contribution in [2.24, 2.45) is 5.73 Å². The van der Waals surface area contributed by atoms with Gasteiger partial charge in [-0.15, -0.1) is 0 Å². The fourth-order valence-electron chi connectivity index (χ4n) is 2.79. The van der Waals surface area contributed by atoms with E-state index in [1.54, 1.807) is 30.5 Å². The SMILES string of the molecule is CCCCC(Oc1cccc(N(S)C(N)=O)c1)Oc1nccc2ccccc12. The van der Waals surface area contributed by atoms with Gasteiger partial charge in [0.05, 0.1) is 5.69 Å². The molecule has 28 heavy (non-hydrogen) atoms. The number of rotatable bonds is 8. The zero-order valence-corrected chi connectivity index (χ0v) is 16.5. The average Bonchev–Trinajstić information content (AvgIpc) is 2.72. The minimum Gasteiger partial charge on any atom is -0.455 e. The number of ether oxygens (including phenoxy) is 2. The number of fused-ring (bicyclic) bond motifs is 1. The van der Waals surface area contributed by atoms with Crippen molar-refractivity contribution in [3.8, 4) is 11.6 Å². The van der Waals surface area contributed by atoms with E-state index in [0.29, 0.717) is 23.7 Å². The summed E-state index contributed by atoms with van der Waals surface area (Å²) in [4.78, 5) is 15.7. The van der Waals surface area contributed by atoms with Crippen molar-refractivity contribution in [2.45, 2.75) is 32.5 Å². The molecule has 0 saturated carbocycles. The minimum atomic E-state index is -0.667.